The van der Waals surface area contributed by atoms with Crippen molar-refractivity contribution in [2.45, 2.75) is 25.4 Å². The van der Waals surface area contributed by atoms with Crippen molar-refractivity contribution in [2.24, 2.45) is 0 Å². The number of hydrogen-bond acceptors (Lipinski definition) is 4. The molecule has 0 bridgehead atoms. The number of para-hydroxylation sites is 1. The largest absolute Gasteiger partial charge is 0.393 e. The molecule has 5 heteroatoms. The van der Waals surface area contributed by atoms with Crippen LogP contribution in [-0.2, 0) is 11.2 Å². The molecular formula is C11H14N2O3. The van der Waals surface area contributed by atoms with Crippen LogP contribution in [0.1, 0.15) is 18.4 Å². The van der Waals surface area contributed by atoms with Crippen LogP contribution in [0.5, 0.6) is 0 Å². The standard InChI is InChI=1S/C11H14N2O3/c12-10-5-1-3-8(11(10)13(14)15)7-9-4-2-6-16-9/h1,3,5,9H,2,4,6-7,12H2. The summed E-state index contributed by atoms with van der Waals surface area (Å²) in [6, 6.07) is 5.04. The van der Waals surface area contributed by atoms with E-state index in [0.717, 1.165) is 19.4 Å². The molecule has 0 saturated carbocycles. The van der Waals surface area contributed by atoms with Crippen molar-refractivity contribution in [3.8, 4) is 0 Å². The molecule has 1 aromatic carbocycles. The molecule has 1 aromatic rings. The number of hydrogen-bond donors (Lipinski definition) is 1. The Kier molecular flexibility index (Phi) is 3.05. The van der Waals surface area contributed by atoms with Gasteiger partial charge in [-0.3, -0.25) is 10.1 Å². The van der Waals surface area contributed by atoms with Crippen LogP contribution in [0.2, 0.25) is 0 Å². The Morgan fingerprint density at radius 1 is 1.56 bits per heavy atom. The van der Waals surface area contributed by atoms with Gasteiger partial charge < -0.3 is 10.5 Å². The van der Waals surface area contributed by atoms with E-state index in [1.54, 1.807) is 18.2 Å². The van der Waals surface area contributed by atoms with Crippen LogP contribution in [0, 0.1) is 10.1 Å². The second-order valence-corrected chi connectivity index (χ2v) is 3.95. The highest BCUT2D eigenvalue weighted by molar-refractivity contribution is 5.62. The zero-order valence-corrected chi connectivity index (χ0v) is 8.89. The lowest BCUT2D eigenvalue weighted by Gasteiger charge is -2.10. The number of nitrogens with two attached hydrogens (primary N) is 1. The Bertz CT molecular complexity index is 400. The number of ether oxygens (including phenoxy) is 1. The van der Waals surface area contributed by atoms with Crippen LogP contribution < -0.4 is 5.73 Å². The van der Waals surface area contributed by atoms with Crippen molar-refractivity contribution in [1.29, 1.82) is 0 Å². The molecule has 0 amide bonds. The fourth-order valence-corrected chi connectivity index (χ4v) is 2.05. The van der Waals surface area contributed by atoms with E-state index >= 15 is 0 Å². The average Bonchev–Trinajstić information content (AvgIpc) is 2.70. The fraction of sp³-hybridized carbons (Fsp3) is 0.455. The fourth-order valence-electron chi connectivity index (χ4n) is 2.05. The molecule has 1 atom stereocenters. The first-order chi connectivity index (χ1) is 7.68. The van der Waals surface area contributed by atoms with Crippen molar-refractivity contribution in [3.63, 3.8) is 0 Å². The summed E-state index contributed by atoms with van der Waals surface area (Å²) in [4.78, 5) is 10.5. The van der Waals surface area contributed by atoms with Crippen molar-refractivity contribution >= 4 is 11.4 Å². The Balaban J connectivity index is 2.25. The summed E-state index contributed by atoms with van der Waals surface area (Å²) in [7, 11) is 0. The Morgan fingerprint density at radius 3 is 3.00 bits per heavy atom. The Morgan fingerprint density at radius 2 is 2.38 bits per heavy atom. The highest BCUT2D eigenvalue weighted by Crippen LogP contribution is 2.29. The maximum Gasteiger partial charge on any atom is 0.295 e. The third-order valence-electron chi connectivity index (χ3n) is 2.80. The first-order valence-electron chi connectivity index (χ1n) is 5.32. The van der Waals surface area contributed by atoms with E-state index in [4.69, 9.17) is 10.5 Å². The van der Waals surface area contributed by atoms with Crippen LogP contribution in [-0.4, -0.2) is 17.6 Å². The van der Waals surface area contributed by atoms with Gasteiger partial charge in [0.25, 0.3) is 5.69 Å². The molecule has 2 rings (SSSR count). The van der Waals surface area contributed by atoms with Gasteiger partial charge in [0.1, 0.15) is 5.69 Å². The third kappa shape index (κ3) is 2.14. The Labute approximate surface area is 93.4 Å². The molecule has 1 heterocycles. The molecular weight excluding hydrogens is 208 g/mol. The lowest BCUT2D eigenvalue weighted by atomic mass is 10.0. The zero-order chi connectivity index (χ0) is 11.5. The van der Waals surface area contributed by atoms with Gasteiger partial charge in [-0.05, 0) is 18.9 Å². The number of anilines is 1. The van der Waals surface area contributed by atoms with E-state index < -0.39 is 4.92 Å². The quantitative estimate of drug-likeness (QED) is 0.481. The third-order valence-corrected chi connectivity index (χ3v) is 2.80. The number of nitrogen functional groups attached to an aromatic ring is 1. The van der Waals surface area contributed by atoms with Crippen LogP contribution in [0.15, 0.2) is 18.2 Å². The lowest BCUT2D eigenvalue weighted by molar-refractivity contribution is -0.384. The monoisotopic (exact) mass is 222 g/mol. The lowest BCUT2D eigenvalue weighted by Crippen LogP contribution is -2.11. The molecule has 1 aliphatic rings. The highest BCUT2D eigenvalue weighted by atomic mass is 16.6. The average molecular weight is 222 g/mol. The van der Waals surface area contributed by atoms with E-state index in [1.165, 1.54) is 0 Å². The maximum atomic E-state index is 10.9. The van der Waals surface area contributed by atoms with Gasteiger partial charge in [-0.15, -0.1) is 0 Å². The number of benzene rings is 1. The van der Waals surface area contributed by atoms with E-state index in [-0.39, 0.29) is 17.5 Å². The minimum absolute atomic E-state index is 0.0259. The smallest absolute Gasteiger partial charge is 0.295 e. The van der Waals surface area contributed by atoms with Crippen molar-refractivity contribution in [2.75, 3.05) is 12.3 Å². The van der Waals surface area contributed by atoms with Crippen molar-refractivity contribution in [1.82, 2.24) is 0 Å². The molecule has 1 unspecified atom stereocenters. The number of rotatable bonds is 3. The number of nitro groups is 1. The molecule has 16 heavy (non-hydrogen) atoms. The summed E-state index contributed by atoms with van der Waals surface area (Å²) in [5.74, 6) is 0. The van der Waals surface area contributed by atoms with E-state index in [0.29, 0.717) is 12.0 Å². The van der Waals surface area contributed by atoms with Crippen LogP contribution in [0.4, 0.5) is 11.4 Å². The first-order valence-corrected chi connectivity index (χ1v) is 5.32. The maximum absolute atomic E-state index is 10.9. The van der Waals surface area contributed by atoms with Gasteiger partial charge in [-0.25, -0.2) is 0 Å². The van der Waals surface area contributed by atoms with E-state index in [2.05, 4.69) is 0 Å². The van der Waals surface area contributed by atoms with Crippen LogP contribution in [0.25, 0.3) is 0 Å². The molecule has 1 fully saturated rings. The topological polar surface area (TPSA) is 78.4 Å². The number of nitrogens with zero attached hydrogens (tertiary/aromatic N) is 1. The Hall–Kier alpha value is -1.62. The predicted molar refractivity (Wildman–Crippen MR) is 60.2 cm³/mol. The van der Waals surface area contributed by atoms with E-state index in [9.17, 15) is 10.1 Å². The predicted octanol–water partition coefficient (Wildman–Crippen LogP) is 1.90. The van der Waals surface area contributed by atoms with Gasteiger partial charge in [-0.1, -0.05) is 12.1 Å². The second-order valence-electron chi connectivity index (χ2n) is 3.95. The van der Waals surface area contributed by atoms with Gasteiger partial charge in [0.15, 0.2) is 0 Å². The normalized spacial score (nSPS) is 19.9. The summed E-state index contributed by atoms with van der Waals surface area (Å²) in [6.07, 6.45) is 2.66. The summed E-state index contributed by atoms with van der Waals surface area (Å²) in [5, 5.41) is 10.9. The highest BCUT2D eigenvalue weighted by Gasteiger charge is 2.23. The number of nitro benzene ring substituents is 1. The zero-order valence-electron chi connectivity index (χ0n) is 8.89. The summed E-state index contributed by atoms with van der Waals surface area (Å²) in [5.41, 5.74) is 6.53. The summed E-state index contributed by atoms with van der Waals surface area (Å²) >= 11 is 0. The minimum atomic E-state index is -0.417. The summed E-state index contributed by atoms with van der Waals surface area (Å²) < 4.78 is 5.47. The first kappa shape index (κ1) is 10.9. The molecule has 0 aliphatic carbocycles. The molecule has 86 valence electrons. The van der Waals surface area contributed by atoms with Gasteiger partial charge in [0.2, 0.25) is 0 Å². The molecule has 0 aromatic heterocycles. The molecule has 1 aliphatic heterocycles. The second kappa shape index (κ2) is 4.49. The molecule has 2 N–H and O–H groups in total. The SMILES string of the molecule is Nc1cccc(CC2CCCO2)c1[N+](=O)[O-]. The van der Waals surface area contributed by atoms with E-state index in [1.807, 2.05) is 0 Å². The van der Waals surface area contributed by atoms with Gasteiger partial charge in [0, 0.05) is 18.6 Å². The molecule has 0 spiro atoms. The van der Waals surface area contributed by atoms with Crippen LogP contribution >= 0.6 is 0 Å². The summed E-state index contributed by atoms with van der Waals surface area (Å²) in [6.45, 7) is 0.751. The van der Waals surface area contributed by atoms with Crippen LogP contribution in [0.3, 0.4) is 0 Å². The van der Waals surface area contributed by atoms with Gasteiger partial charge in [0.05, 0.1) is 11.0 Å². The molecule has 0 radical (unpaired) electrons. The van der Waals surface area contributed by atoms with Gasteiger partial charge in [-0.2, -0.15) is 0 Å². The van der Waals surface area contributed by atoms with Gasteiger partial charge >= 0.3 is 0 Å². The minimum Gasteiger partial charge on any atom is -0.393 e. The van der Waals surface area contributed by atoms with Crippen molar-refractivity contribution < 1.29 is 9.66 Å². The van der Waals surface area contributed by atoms with Crippen molar-refractivity contribution in [3.05, 3.63) is 33.9 Å². The molecule has 1 saturated heterocycles. The molecule has 5 nitrogen and oxygen atoms in total.